The second-order valence-electron chi connectivity index (χ2n) is 3.75. The number of urea groups is 1. The summed E-state index contributed by atoms with van der Waals surface area (Å²) < 4.78 is 4.90. The Hall–Kier alpha value is -2.41. The first-order valence-corrected chi connectivity index (χ1v) is 6.05. The van der Waals surface area contributed by atoms with Gasteiger partial charge in [-0.05, 0) is 19.1 Å². The molecule has 2 amide bonds. The van der Waals surface area contributed by atoms with Crippen molar-refractivity contribution in [1.82, 2.24) is 15.0 Å². The van der Waals surface area contributed by atoms with Crippen LogP contribution in [0.5, 0.6) is 6.01 Å². The van der Waals surface area contributed by atoms with Gasteiger partial charge >= 0.3 is 12.0 Å². The minimum Gasteiger partial charge on any atom is -0.467 e. The van der Waals surface area contributed by atoms with Crippen LogP contribution >= 0.6 is 11.6 Å². The third-order valence-corrected chi connectivity index (χ3v) is 2.59. The SMILES string of the molecule is COc1nc(C)nc(NC(=O)Nc2ccccc2Cl)n1. The number of benzene rings is 1. The van der Waals surface area contributed by atoms with Gasteiger partial charge in [0.15, 0.2) is 0 Å². The monoisotopic (exact) mass is 293 g/mol. The van der Waals surface area contributed by atoms with Gasteiger partial charge in [-0.15, -0.1) is 0 Å². The highest BCUT2D eigenvalue weighted by atomic mass is 35.5. The predicted molar refractivity (Wildman–Crippen MR) is 75.2 cm³/mol. The van der Waals surface area contributed by atoms with Crippen molar-refractivity contribution in [1.29, 1.82) is 0 Å². The number of amides is 2. The van der Waals surface area contributed by atoms with Gasteiger partial charge in [0.25, 0.3) is 0 Å². The number of nitrogens with one attached hydrogen (secondary N) is 2. The number of methoxy groups -OCH3 is 1. The van der Waals surface area contributed by atoms with E-state index in [2.05, 4.69) is 25.6 Å². The first-order chi connectivity index (χ1) is 9.58. The van der Waals surface area contributed by atoms with E-state index in [9.17, 15) is 4.79 Å². The maximum absolute atomic E-state index is 11.8. The van der Waals surface area contributed by atoms with E-state index in [-0.39, 0.29) is 12.0 Å². The summed E-state index contributed by atoms with van der Waals surface area (Å²) in [6.07, 6.45) is 0. The van der Waals surface area contributed by atoms with Crippen LogP contribution in [0.3, 0.4) is 0 Å². The molecule has 0 aliphatic heterocycles. The Morgan fingerprint density at radius 3 is 2.65 bits per heavy atom. The van der Waals surface area contributed by atoms with Crippen molar-refractivity contribution >= 4 is 29.3 Å². The number of carbonyl (C=O) groups excluding carboxylic acids is 1. The average Bonchev–Trinajstić information content (AvgIpc) is 2.40. The summed E-state index contributed by atoms with van der Waals surface area (Å²) in [5, 5.41) is 5.51. The van der Waals surface area contributed by atoms with Gasteiger partial charge in [0.05, 0.1) is 17.8 Å². The van der Waals surface area contributed by atoms with E-state index in [4.69, 9.17) is 16.3 Å². The van der Waals surface area contributed by atoms with Crippen molar-refractivity contribution in [3.63, 3.8) is 0 Å². The van der Waals surface area contributed by atoms with Gasteiger partial charge in [-0.2, -0.15) is 15.0 Å². The first kappa shape index (κ1) is 14.0. The lowest BCUT2D eigenvalue weighted by molar-refractivity contribution is 0.262. The van der Waals surface area contributed by atoms with Crippen LogP contribution in [0, 0.1) is 6.92 Å². The van der Waals surface area contributed by atoms with E-state index in [0.29, 0.717) is 16.5 Å². The van der Waals surface area contributed by atoms with Crippen molar-refractivity contribution < 1.29 is 9.53 Å². The lowest BCUT2D eigenvalue weighted by Gasteiger charge is -2.08. The smallest absolute Gasteiger partial charge is 0.326 e. The molecule has 1 aromatic heterocycles. The quantitative estimate of drug-likeness (QED) is 0.907. The number of ether oxygens (including phenoxy) is 1. The fourth-order valence-electron chi connectivity index (χ4n) is 1.42. The molecule has 1 aromatic carbocycles. The normalized spacial score (nSPS) is 9.95. The molecule has 0 atom stereocenters. The van der Waals surface area contributed by atoms with Crippen molar-refractivity contribution in [2.24, 2.45) is 0 Å². The molecule has 0 spiro atoms. The molecule has 2 N–H and O–H groups in total. The zero-order valence-electron chi connectivity index (χ0n) is 10.8. The summed E-state index contributed by atoms with van der Waals surface area (Å²) in [7, 11) is 1.43. The molecule has 2 aromatic rings. The maximum Gasteiger partial charge on any atom is 0.326 e. The van der Waals surface area contributed by atoms with Crippen LogP contribution in [0.2, 0.25) is 5.02 Å². The molecule has 0 aliphatic rings. The number of nitrogens with zero attached hydrogens (tertiary/aromatic N) is 3. The van der Waals surface area contributed by atoms with Crippen molar-refractivity contribution in [3.8, 4) is 6.01 Å². The highest BCUT2D eigenvalue weighted by Gasteiger charge is 2.09. The Kier molecular flexibility index (Phi) is 4.31. The van der Waals surface area contributed by atoms with Gasteiger partial charge < -0.3 is 10.1 Å². The minimum absolute atomic E-state index is 0.0962. The largest absolute Gasteiger partial charge is 0.467 e. The molecule has 0 radical (unpaired) electrons. The second kappa shape index (κ2) is 6.16. The Morgan fingerprint density at radius 2 is 1.95 bits per heavy atom. The van der Waals surface area contributed by atoms with Crippen molar-refractivity contribution in [2.75, 3.05) is 17.7 Å². The summed E-state index contributed by atoms with van der Waals surface area (Å²) in [6.45, 7) is 1.67. The van der Waals surface area contributed by atoms with Gasteiger partial charge in [-0.1, -0.05) is 23.7 Å². The van der Waals surface area contributed by atoms with Crippen LogP contribution in [0.25, 0.3) is 0 Å². The molecule has 0 bridgehead atoms. The van der Waals surface area contributed by atoms with Gasteiger partial charge in [-0.25, -0.2) is 4.79 Å². The van der Waals surface area contributed by atoms with Crippen LogP contribution in [-0.4, -0.2) is 28.1 Å². The van der Waals surface area contributed by atoms with Gasteiger partial charge in [-0.3, -0.25) is 5.32 Å². The van der Waals surface area contributed by atoms with Crippen LogP contribution in [0.1, 0.15) is 5.82 Å². The van der Waals surface area contributed by atoms with E-state index >= 15 is 0 Å². The number of hydrogen-bond acceptors (Lipinski definition) is 5. The van der Waals surface area contributed by atoms with Crippen LogP contribution in [0.4, 0.5) is 16.4 Å². The predicted octanol–water partition coefficient (Wildman–Crippen LogP) is 2.49. The summed E-state index contributed by atoms with van der Waals surface area (Å²) in [5.74, 6) is 0.531. The fraction of sp³-hybridized carbons (Fsp3) is 0.167. The second-order valence-corrected chi connectivity index (χ2v) is 4.16. The third kappa shape index (κ3) is 3.55. The number of halogens is 1. The molecular weight excluding hydrogens is 282 g/mol. The number of carbonyl (C=O) groups is 1. The van der Waals surface area contributed by atoms with Crippen LogP contribution in [0.15, 0.2) is 24.3 Å². The summed E-state index contributed by atoms with van der Waals surface area (Å²) in [6, 6.07) is 6.51. The molecule has 104 valence electrons. The van der Waals surface area contributed by atoms with E-state index in [1.54, 1.807) is 31.2 Å². The zero-order valence-corrected chi connectivity index (χ0v) is 11.6. The Bertz CT molecular complexity index is 635. The van der Waals surface area contributed by atoms with Gasteiger partial charge in [0.1, 0.15) is 5.82 Å². The maximum atomic E-state index is 11.8. The molecule has 1 heterocycles. The summed E-state index contributed by atoms with van der Waals surface area (Å²) in [5.41, 5.74) is 0.490. The molecule has 0 aliphatic carbocycles. The van der Waals surface area contributed by atoms with Gasteiger partial charge in [0.2, 0.25) is 5.95 Å². The third-order valence-electron chi connectivity index (χ3n) is 2.26. The standard InChI is InChI=1S/C12H12ClN5O2/c1-7-14-10(18-12(15-7)20-2)17-11(19)16-9-6-4-3-5-8(9)13/h3-6H,1-2H3,(H2,14,15,16,17,18,19). The Labute approximate surface area is 120 Å². The molecular formula is C12H12ClN5O2. The van der Waals surface area contributed by atoms with E-state index in [0.717, 1.165) is 0 Å². The van der Waals surface area contributed by atoms with E-state index < -0.39 is 6.03 Å². The Morgan fingerprint density at radius 1 is 1.20 bits per heavy atom. The summed E-state index contributed by atoms with van der Waals surface area (Å²) >= 11 is 5.94. The van der Waals surface area contributed by atoms with E-state index in [1.807, 2.05) is 0 Å². The van der Waals surface area contributed by atoms with Crippen LogP contribution < -0.4 is 15.4 Å². The first-order valence-electron chi connectivity index (χ1n) is 5.67. The van der Waals surface area contributed by atoms with Crippen molar-refractivity contribution in [3.05, 3.63) is 35.1 Å². The fourth-order valence-corrected chi connectivity index (χ4v) is 1.61. The molecule has 0 unspecified atom stereocenters. The molecule has 0 saturated carbocycles. The number of aryl methyl sites for hydroxylation is 1. The van der Waals surface area contributed by atoms with Crippen molar-refractivity contribution in [2.45, 2.75) is 6.92 Å². The number of para-hydroxylation sites is 1. The number of aromatic nitrogens is 3. The lowest BCUT2D eigenvalue weighted by Crippen LogP contribution is -2.21. The van der Waals surface area contributed by atoms with Gasteiger partial charge in [0, 0.05) is 0 Å². The number of rotatable bonds is 3. The molecule has 7 nitrogen and oxygen atoms in total. The molecule has 20 heavy (non-hydrogen) atoms. The topological polar surface area (TPSA) is 89.0 Å². The molecule has 8 heteroatoms. The Balaban J connectivity index is 2.08. The highest BCUT2D eigenvalue weighted by molar-refractivity contribution is 6.33. The number of hydrogen-bond donors (Lipinski definition) is 2. The molecule has 0 saturated heterocycles. The van der Waals surface area contributed by atoms with Crippen LogP contribution in [-0.2, 0) is 0 Å². The highest BCUT2D eigenvalue weighted by Crippen LogP contribution is 2.20. The minimum atomic E-state index is -0.509. The number of anilines is 2. The van der Waals surface area contributed by atoms with E-state index in [1.165, 1.54) is 7.11 Å². The molecule has 2 rings (SSSR count). The molecule has 0 fully saturated rings. The average molecular weight is 294 g/mol. The summed E-state index contributed by atoms with van der Waals surface area (Å²) in [4.78, 5) is 23.6. The zero-order chi connectivity index (χ0) is 14.5. The lowest BCUT2D eigenvalue weighted by atomic mass is 10.3.